The first-order valence-electron chi connectivity index (χ1n) is 5.04. The molecule has 1 saturated heterocycles. The highest BCUT2D eigenvalue weighted by atomic mass is 16.6. The van der Waals surface area contributed by atoms with E-state index < -0.39 is 5.60 Å². The van der Waals surface area contributed by atoms with Crippen LogP contribution in [0.4, 0.5) is 4.79 Å². The van der Waals surface area contributed by atoms with Gasteiger partial charge in [-0.2, -0.15) is 0 Å². The smallest absolute Gasteiger partial charge is 0.410 e. The molecule has 1 amide bonds. The first kappa shape index (κ1) is 11.6. The highest BCUT2D eigenvalue weighted by Gasteiger charge is 2.26. The summed E-state index contributed by atoms with van der Waals surface area (Å²) in [4.78, 5) is 13.3. The molecule has 0 bridgehead atoms. The van der Waals surface area contributed by atoms with Crippen LogP contribution < -0.4 is 0 Å². The summed E-state index contributed by atoms with van der Waals surface area (Å²) >= 11 is 0. The molecule has 3 nitrogen and oxygen atoms in total. The minimum Gasteiger partial charge on any atom is -0.444 e. The third-order valence-corrected chi connectivity index (χ3v) is 2.04. The molecule has 1 fully saturated rings. The fourth-order valence-electron chi connectivity index (χ4n) is 1.40. The predicted octanol–water partition coefficient (Wildman–Crippen LogP) is 2.19. The van der Waals surface area contributed by atoms with Gasteiger partial charge in [-0.1, -0.05) is 5.92 Å². The number of hydrogen-bond acceptors (Lipinski definition) is 2. The molecule has 0 atom stereocenters. The third-order valence-electron chi connectivity index (χ3n) is 2.04. The van der Waals surface area contributed by atoms with Gasteiger partial charge in [-0.25, -0.2) is 4.79 Å². The zero-order chi connectivity index (χ0) is 11.5. The van der Waals surface area contributed by atoms with E-state index in [4.69, 9.17) is 11.2 Å². The highest BCUT2D eigenvalue weighted by Crippen LogP contribution is 2.18. The van der Waals surface area contributed by atoms with Crippen LogP contribution in [-0.2, 0) is 4.74 Å². The number of likely N-dealkylation sites (tertiary alicyclic amines) is 1. The van der Waals surface area contributed by atoms with E-state index in [-0.39, 0.29) is 6.09 Å². The Bertz CT molecular complexity index is 317. The van der Waals surface area contributed by atoms with Gasteiger partial charge in [-0.05, 0) is 38.8 Å². The normalized spacial score (nSPS) is 19.1. The summed E-state index contributed by atoms with van der Waals surface area (Å²) in [5, 5.41) is 0. The first-order valence-corrected chi connectivity index (χ1v) is 5.04. The summed E-state index contributed by atoms with van der Waals surface area (Å²) in [6.07, 6.45) is 7.49. The van der Waals surface area contributed by atoms with Gasteiger partial charge in [0.2, 0.25) is 0 Å². The van der Waals surface area contributed by atoms with Crippen molar-refractivity contribution in [2.45, 2.75) is 32.8 Å². The number of ether oxygens (including phenoxy) is 1. The molecule has 1 rings (SSSR count). The van der Waals surface area contributed by atoms with Crippen molar-refractivity contribution in [3.8, 4) is 12.3 Å². The van der Waals surface area contributed by atoms with Gasteiger partial charge in [-0.15, -0.1) is 6.42 Å². The van der Waals surface area contributed by atoms with Crippen molar-refractivity contribution in [1.82, 2.24) is 4.90 Å². The molecule has 15 heavy (non-hydrogen) atoms. The van der Waals surface area contributed by atoms with Gasteiger partial charge in [0.05, 0.1) is 0 Å². The Kier molecular flexibility index (Phi) is 3.41. The first-order chi connectivity index (χ1) is 6.92. The maximum Gasteiger partial charge on any atom is 0.410 e. The lowest BCUT2D eigenvalue weighted by molar-refractivity contribution is 0.0299. The molecule has 0 aromatic carbocycles. The molecule has 1 aliphatic heterocycles. The van der Waals surface area contributed by atoms with Crippen LogP contribution in [0.15, 0.2) is 11.6 Å². The minimum atomic E-state index is -0.435. The predicted molar refractivity (Wildman–Crippen MR) is 59.3 cm³/mol. The number of terminal acetylenes is 1. The fraction of sp³-hybridized carbons (Fsp3) is 0.583. The highest BCUT2D eigenvalue weighted by molar-refractivity contribution is 5.69. The van der Waals surface area contributed by atoms with Crippen molar-refractivity contribution in [3.05, 3.63) is 11.6 Å². The van der Waals surface area contributed by atoms with Crippen LogP contribution in [0.5, 0.6) is 0 Å². The van der Waals surface area contributed by atoms with Crippen LogP contribution >= 0.6 is 0 Å². The van der Waals surface area contributed by atoms with Crippen molar-refractivity contribution in [3.63, 3.8) is 0 Å². The van der Waals surface area contributed by atoms with Crippen molar-refractivity contribution < 1.29 is 9.53 Å². The summed E-state index contributed by atoms with van der Waals surface area (Å²) in [6, 6.07) is 0. The number of hydrogen-bond donors (Lipinski definition) is 0. The molecule has 1 heterocycles. The van der Waals surface area contributed by atoms with E-state index in [1.54, 1.807) is 11.0 Å². The maximum absolute atomic E-state index is 11.6. The Morgan fingerprint density at radius 2 is 2.27 bits per heavy atom. The van der Waals surface area contributed by atoms with Crippen molar-refractivity contribution >= 4 is 6.09 Å². The zero-order valence-corrected chi connectivity index (χ0v) is 9.54. The van der Waals surface area contributed by atoms with Gasteiger partial charge in [0, 0.05) is 13.1 Å². The minimum absolute atomic E-state index is 0.261. The van der Waals surface area contributed by atoms with Crippen molar-refractivity contribution in [2.75, 3.05) is 13.1 Å². The van der Waals surface area contributed by atoms with E-state index in [1.807, 2.05) is 20.8 Å². The van der Waals surface area contributed by atoms with E-state index in [0.717, 1.165) is 12.0 Å². The largest absolute Gasteiger partial charge is 0.444 e. The van der Waals surface area contributed by atoms with E-state index in [9.17, 15) is 4.79 Å². The summed E-state index contributed by atoms with van der Waals surface area (Å²) in [7, 11) is 0. The Morgan fingerprint density at radius 1 is 1.60 bits per heavy atom. The molecule has 0 spiro atoms. The molecule has 0 aromatic rings. The molecule has 0 aromatic heterocycles. The van der Waals surface area contributed by atoms with Crippen molar-refractivity contribution in [1.29, 1.82) is 0 Å². The molecule has 1 aliphatic rings. The third kappa shape index (κ3) is 3.67. The molecule has 3 heteroatoms. The molecule has 0 saturated carbocycles. The molecule has 82 valence electrons. The quantitative estimate of drug-likeness (QED) is 0.570. The number of carbonyl (C=O) groups excluding carboxylic acids is 1. The van der Waals surface area contributed by atoms with E-state index in [2.05, 4.69) is 5.92 Å². The molecular weight excluding hydrogens is 190 g/mol. The Balaban J connectivity index is 2.52. The SMILES string of the molecule is C#C/C=C1\CCN(C(=O)OC(C)(C)C)C1. The number of rotatable bonds is 0. The van der Waals surface area contributed by atoms with Gasteiger partial charge in [0.25, 0.3) is 0 Å². The molecule has 0 N–H and O–H groups in total. The molecule has 0 unspecified atom stereocenters. The Morgan fingerprint density at radius 3 is 2.80 bits per heavy atom. The Hall–Kier alpha value is -1.43. The summed E-state index contributed by atoms with van der Waals surface area (Å²) in [6.45, 7) is 6.87. The average Bonchev–Trinajstić information content (AvgIpc) is 2.50. The summed E-state index contributed by atoms with van der Waals surface area (Å²) in [5.74, 6) is 2.48. The number of allylic oxidation sites excluding steroid dienone is 1. The van der Waals surface area contributed by atoms with Gasteiger partial charge in [0.15, 0.2) is 0 Å². The fourth-order valence-corrected chi connectivity index (χ4v) is 1.40. The second-order valence-electron chi connectivity index (χ2n) is 4.62. The lowest BCUT2D eigenvalue weighted by Crippen LogP contribution is -2.34. The van der Waals surface area contributed by atoms with Crippen LogP contribution in [0.1, 0.15) is 27.2 Å². The monoisotopic (exact) mass is 207 g/mol. The number of amides is 1. The zero-order valence-electron chi connectivity index (χ0n) is 9.54. The standard InChI is InChI=1S/C12H17NO2/c1-5-6-10-7-8-13(9-10)11(14)15-12(2,3)4/h1,6H,7-9H2,2-4H3/b10-6+. The second-order valence-corrected chi connectivity index (χ2v) is 4.62. The summed E-state index contributed by atoms with van der Waals surface area (Å²) < 4.78 is 5.26. The van der Waals surface area contributed by atoms with Gasteiger partial charge in [0.1, 0.15) is 5.60 Å². The van der Waals surface area contributed by atoms with Gasteiger partial charge in [-0.3, -0.25) is 0 Å². The van der Waals surface area contributed by atoms with Gasteiger partial charge >= 0.3 is 6.09 Å². The lowest BCUT2D eigenvalue weighted by atomic mass is 10.2. The van der Waals surface area contributed by atoms with Gasteiger partial charge < -0.3 is 9.64 Å². The molecule has 0 aliphatic carbocycles. The summed E-state index contributed by atoms with van der Waals surface area (Å²) in [5.41, 5.74) is 0.679. The number of nitrogens with zero attached hydrogens (tertiary/aromatic N) is 1. The van der Waals surface area contributed by atoms with Crippen molar-refractivity contribution in [2.24, 2.45) is 0 Å². The van der Waals surface area contributed by atoms with Crippen LogP contribution in [0.3, 0.4) is 0 Å². The van der Waals surface area contributed by atoms with Crippen LogP contribution in [0.25, 0.3) is 0 Å². The van der Waals surface area contributed by atoms with E-state index in [0.29, 0.717) is 13.1 Å². The van der Waals surface area contributed by atoms with Crippen LogP contribution in [0, 0.1) is 12.3 Å². The molecule has 0 radical (unpaired) electrons. The lowest BCUT2D eigenvalue weighted by Gasteiger charge is -2.23. The van der Waals surface area contributed by atoms with E-state index in [1.165, 1.54) is 0 Å². The Labute approximate surface area is 91.1 Å². The molecular formula is C12H17NO2. The maximum atomic E-state index is 11.6. The van der Waals surface area contributed by atoms with E-state index >= 15 is 0 Å². The average molecular weight is 207 g/mol. The van der Waals surface area contributed by atoms with Crippen LogP contribution in [0.2, 0.25) is 0 Å². The topological polar surface area (TPSA) is 29.5 Å². The van der Waals surface area contributed by atoms with Crippen LogP contribution in [-0.4, -0.2) is 29.7 Å². The second kappa shape index (κ2) is 4.39. The number of carbonyl (C=O) groups is 1.